The van der Waals surface area contributed by atoms with Crippen LogP contribution in [0.4, 0.5) is 0 Å². The number of aryl methyl sites for hydroxylation is 2. The molecule has 1 atom stereocenters. The molecule has 0 saturated carbocycles. The van der Waals surface area contributed by atoms with E-state index in [9.17, 15) is 4.79 Å². The highest BCUT2D eigenvalue weighted by molar-refractivity contribution is 7.09. The van der Waals surface area contributed by atoms with Crippen LogP contribution in [0.2, 0.25) is 0 Å². The Labute approximate surface area is 146 Å². The number of amides is 1. The molecule has 2 heterocycles. The van der Waals surface area contributed by atoms with Gasteiger partial charge in [0.05, 0.1) is 16.7 Å². The molecule has 1 aromatic carbocycles. The summed E-state index contributed by atoms with van der Waals surface area (Å²) in [5.74, 6) is 0.0911. The maximum atomic E-state index is 12.2. The topological polar surface area (TPSA) is 57.8 Å². The van der Waals surface area contributed by atoms with Crippen LogP contribution in [-0.2, 0) is 17.6 Å². The molecule has 3 aromatic rings. The van der Waals surface area contributed by atoms with Crippen molar-refractivity contribution in [3.63, 3.8) is 0 Å². The highest BCUT2D eigenvalue weighted by atomic mass is 32.1. The van der Waals surface area contributed by atoms with Crippen molar-refractivity contribution in [1.29, 1.82) is 0 Å². The number of hydrogen-bond acceptors (Lipinski definition) is 3. The van der Waals surface area contributed by atoms with Gasteiger partial charge in [-0.25, -0.2) is 4.98 Å². The predicted molar refractivity (Wildman–Crippen MR) is 99.3 cm³/mol. The molecule has 24 heavy (non-hydrogen) atoms. The number of H-pyrrole nitrogens is 1. The number of rotatable bonds is 7. The molecular weight excluding hydrogens is 318 g/mol. The summed E-state index contributed by atoms with van der Waals surface area (Å²) in [4.78, 5) is 20.0. The van der Waals surface area contributed by atoms with Crippen molar-refractivity contribution in [2.45, 2.75) is 45.6 Å². The third kappa shape index (κ3) is 3.85. The van der Waals surface area contributed by atoms with E-state index in [2.05, 4.69) is 34.3 Å². The standard InChI is InChI=1S/C19H23N3OS/c1-3-19-22-17(12-24-19)13(2)21-18(23)10-6-7-14-11-20-16-9-5-4-8-15(14)16/h4-5,8-9,11-13,20H,3,6-7,10H2,1-2H3,(H,21,23). The molecule has 0 bridgehead atoms. The normalized spacial score (nSPS) is 12.4. The van der Waals surface area contributed by atoms with E-state index in [-0.39, 0.29) is 11.9 Å². The van der Waals surface area contributed by atoms with Crippen LogP contribution in [0, 0.1) is 0 Å². The van der Waals surface area contributed by atoms with E-state index in [1.165, 1.54) is 10.9 Å². The molecule has 4 nitrogen and oxygen atoms in total. The summed E-state index contributed by atoms with van der Waals surface area (Å²) < 4.78 is 0. The fraction of sp³-hybridized carbons (Fsp3) is 0.368. The van der Waals surface area contributed by atoms with Crippen LogP contribution in [0.1, 0.15) is 49.0 Å². The summed E-state index contributed by atoms with van der Waals surface area (Å²) in [5, 5.41) is 7.45. The van der Waals surface area contributed by atoms with E-state index in [0.29, 0.717) is 6.42 Å². The Kier molecular flexibility index (Phi) is 5.30. The van der Waals surface area contributed by atoms with Gasteiger partial charge in [0.2, 0.25) is 5.91 Å². The first-order valence-corrected chi connectivity index (χ1v) is 9.34. The van der Waals surface area contributed by atoms with Crippen molar-refractivity contribution in [2.24, 2.45) is 0 Å². The maximum absolute atomic E-state index is 12.2. The van der Waals surface area contributed by atoms with Gasteiger partial charge in [0, 0.05) is 28.9 Å². The Hall–Kier alpha value is -2.14. The number of aromatic nitrogens is 2. The number of carbonyl (C=O) groups excluding carboxylic acids is 1. The number of aromatic amines is 1. The van der Waals surface area contributed by atoms with Crippen molar-refractivity contribution in [2.75, 3.05) is 0 Å². The Bertz CT molecular complexity index is 821. The van der Waals surface area contributed by atoms with Gasteiger partial charge >= 0.3 is 0 Å². The summed E-state index contributed by atoms with van der Waals surface area (Å²) in [5.41, 5.74) is 3.39. The van der Waals surface area contributed by atoms with Crippen molar-refractivity contribution >= 4 is 28.1 Å². The molecule has 0 radical (unpaired) electrons. The van der Waals surface area contributed by atoms with Crippen molar-refractivity contribution < 1.29 is 4.79 Å². The molecular formula is C19H23N3OS. The Morgan fingerprint density at radius 3 is 3.00 bits per heavy atom. The number of nitrogens with zero attached hydrogens (tertiary/aromatic N) is 1. The lowest BCUT2D eigenvalue weighted by Gasteiger charge is -2.11. The average Bonchev–Trinajstić information content (AvgIpc) is 3.22. The first kappa shape index (κ1) is 16.7. The first-order chi connectivity index (χ1) is 11.7. The van der Waals surface area contributed by atoms with E-state index in [1.807, 2.05) is 30.6 Å². The van der Waals surface area contributed by atoms with Gasteiger partial charge in [-0.15, -0.1) is 11.3 Å². The average molecular weight is 341 g/mol. The van der Waals surface area contributed by atoms with E-state index < -0.39 is 0 Å². The van der Waals surface area contributed by atoms with Gasteiger partial charge in [0.25, 0.3) is 0 Å². The van der Waals surface area contributed by atoms with Crippen LogP contribution in [0.3, 0.4) is 0 Å². The molecule has 3 rings (SSSR count). The van der Waals surface area contributed by atoms with Crippen LogP contribution >= 0.6 is 11.3 Å². The molecule has 0 saturated heterocycles. The van der Waals surface area contributed by atoms with Crippen LogP contribution < -0.4 is 5.32 Å². The highest BCUT2D eigenvalue weighted by Crippen LogP contribution is 2.20. The molecule has 0 aliphatic heterocycles. The smallest absolute Gasteiger partial charge is 0.220 e. The monoisotopic (exact) mass is 341 g/mol. The zero-order chi connectivity index (χ0) is 16.9. The van der Waals surface area contributed by atoms with Crippen LogP contribution in [0.15, 0.2) is 35.8 Å². The minimum absolute atomic E-state index is 0.0258. The van der Waals surface area contributed by atoms with Crippen LogP contribution in [-0.4, -0.2) is 15.9 Å². The number of hydrogen-bond donors (Lipinski definition) is 2. The second kappa shape index (κ2) is 7.62. The maximum Gasteiger partial charge on any atom is 0.220 e. The molecule has 0 aliphatic carbocycles. The van der Waals surface area contributed by atoms with Gasteiger partial charge < -0.3 is 10.3 Å². The van der Waals surface area contributed by atoms with E-state index in [0.717, 1.165) is 35.5 Å². The zero-order valence-corrected chi connectivity index (χ0v) is 15.0. The lowest BCUT2D eigenvalue weighted by Crippen LogP contribution is -2.26. The van der Waals surface area contributed by atoms with Crippen molar-refractivity contribution in [3.8, 4) is 0 Å². The second-order valence-electron chi connectivity index (χ2n) is 6.02. The summed E-state index contributed by atoms with van der Waals surface area (Å²) in [6.07, 6.45) is 5.28. The molecule has 2 aromatic heterocycles. The lowest BCUT2D eigenvalue weighted by molar-refractivity contribution is -0.121. The third-order valence-electron chi connectivity index (χ3n) is 4.22. The minimum Gasteiger partial charge on any atom is -0.361 e. The number of carbonyl (C=O) groups is 1. The van der Waals surface area contributed by atoms with Gasteiger partial charge in [0.1, 0.15) is 0 Å². The quantitative estimate of drug-likeness (QED) is 0.670. The Morgan fingerprint density at radius 1 is 1.38 bits per heavy atom. The van der Waals surface area contributed by atoms with Gasteiger partial charge in [-0.2, -0.15) is 0 Å². The third-order valence-corrected chi connectivity index (χ3v) is 5.23. The highest BCUT2D eigenvalue weighted by Gasteiger charge is 2.13. The van der Waals surface area contributed by atoms with Gasteiger partial charge in [-0.1, -0.05) is 25.1 Å². The summed E-state index contributed by atoms with van der Waals surface area (Å²) in [7, 11) is 0. The van der Waals surface area contributed by atoms with Gasteiger partial charge in [-0.05, 0) is 37.8 Å². The fourth-order valence-corrected chi connectivity index (χ4v) is 3.69. The predicted octanol–water partition coefficient (Wildman–Crippen LogP) is 4.39. The SMILES string of the molecule is CCc1nc(C(C)NC(=O)CCCc2c[nH]c3ccccc23)cs1. The van der Waals surface area contributed by atoms with Gasteiger partial charge in [-0.3, -0.25) is 4.79 Å². The van der Waals surface area contributed by atoms with Crippen LogP contribution in [0.25, 0.3) is 10.9 Å². The summed E-state index contributed by atoms with van der Waals surface area (Å²) in [6.45, 7) is 4.09. The molecule has 0 spiro atoms. The van der Waals surface area contributed by atoms with E-state index in [1.54, 1.807) is 11.3 Å². The van der Waals surface area contributed by atoms with Crippen molar-refractivity contribution in [3.05, 3.63) is 52.1 Å². The fourth-order valence-electron chi connectivity index (χ4n) is 2.85. The van der Waals surface area contributed by atoms with Crippen LogP contribution in [0.5, 0.6) is 0 Å². The number of para-hydroxylation sites is 1. The van der Waals surface area contributed by atoms with E-state index in [4.69, 9.17) is 0 Å². The molecule has 1 unspecified atom stereocenters. The van der Waals surface area contributed by atoms with E-state index >= 15 is 0 Å². The number of benzene rings is 1. The Morgan fingerprint density at radius 2 is 2.21 bits per heavy atom. The molecule has 0 aliphatic rings. The van der Waals surface area contributed by atoms with Crippen molar-refractivity contribution in [1.82, 2.24) is 15.3 Å². The number of thiazole rings is 1. The number of fused-ring (bicyclic) bond motifs is 1. The molecule has 2 N–H and O–H groups in total. The summed E-state index contributed by atoms with van der Waals surface area (Å²) >= 11 is 1.66. The van der Waals surface area contributed by atoms with Gasteiger partial charge in [0.15, 0.2) is 0 Å². The number of nitrogens with one attached hydrogen (secondary N) is 2. The zero-order valence-electron chi connectivity index (χ0n) is 14.1. The minimum atomic E-state index is -0.0258. The first-order valence-electron chi connectivity index (χ1n) is 8.46. The lowest BCUT2D eigenvalue weighted by atomic mass is 10.1. The second-order valence-corrected chi connectivity index (χ2v) is 6.96. The Balaban J connectivity index is 1.48. The molecule has 1 amide bonds. The molecule has 5 heteroatoms. The molecule has 126 valence electrons. The largest absolute Gasteiger partial charge is 0.361 e. The molecule has 0 fully saturated rings. The summed E-state index contributed by atoms with van der Waals surface area (Å²) in [6, 6.07) is 8.25.